The van der Waals surface area contributed by atoms with Crippen LogP contribution >= 0.6 is 0 Å². The van der Waals surface area contributed by atoms with E-state index in [2.05, 4.69) is 10.2 Å². The van der Waals surface area contributed by atoms with Gasteiger partial charge in [0, 0.05) is 25.7 Å². The van der Waals surface area contributed by atoms with E-state index in [0.717, 1.165) is 37.3 Å². The summed E-state index contributed by atoms with van der Waals surface area (Å²) in [4.78, 5) is 14.4. The predicted molar refractivity (Wildman–Crippen MR) is 92.2 cm³/mol. The molecule has 0 unspecified atom stereocenters. The van der Waals surface area contributed by atoms with Crippen LogP contribution < -0.4 is 10.1 Å². The molecule has 1 aromatic heterocycles. The minimum Gasteiger partial charge on any atom is -0.494 e. The first kappa shape index (κ1) is 17.5. The summed E-state index contributed by atoms with van der Waals surface area (Å²) in [6.45, 7) is 4.22. The number of nitrogens with one attached hydrogen (secondary N) is 1. The third-order valence-corrected chi connectivity index (χ3v) is 4.51. The highest BCUT2D eigenvalue weighted by atomic mass is 19.1. The summed E-state index contributed by atoms with van der Waals surface area (Å²) in [6, 6.07) is 8.68. The van der Waals surface area contributed by atoms with Gasteiger partial charge in [0.15, 0.2) is 17.3 Å². The lowest BCUT2D eigenvalue weighted by molar-refractivity contribution is 0.0879. The summed E-state index contributed by atoms with van der Waals surface area (Å²) in [5, 5.41) is 3.02. The highest BCUT2D eigenvalue weighted by Gasteiger charge is 2.22. The van der Waals surface area contributed by atoms with Gasteiger partial charge in [0.1, 0.15) is 5.76 Å². The van der Waals surface area contributed by atoms with Gasteiger partial charge in [-0.3, -0.25) is 9.69 Å². The van der Waals surface area contributed by atoms with Crippen LogP contribution in [0.5, 0.6) is 5.75 Å². The predicted octanol–water partition coefficient (Wildman–Crippen LogP) is 3.13. The van der Waals surface area contributed by atoms with Crippen LogP contribution in [0.1, 0.15) is 34.7 Å². The molecule has 1 aliphatic rings. The van der Waals surface area contributed by atoms with E-state index in [9.17, 15) is 9.18 Å². The minimum atomic E-state index is -0.337. The van der Waals surface area contributed by atoms with Crippen molar-refractivity contribution in [3.63, 3.8) is 0 Å². The van der Waals surface area contributed by atoms with E-state index >= 15 is 0 Å². The van der Waals surface area contributed by atoms with Crippen LogP contribution in [0.4, 0.5) is 4.39 Å². The minimum absolute atomic E-state index is 0.141. The molecule has 1 amide bonds. The molecule has 0 aliphatic carbocycles. The maximum atomic E-state index is 13.8. The number of methoxy groups -OCH3 is 1. The van der Waals surface area contributed by atoms with Crippen molar-refractivity contribution in [3.8, 4) is 5.75 Å². The zero-order valence-electron chi connectivity index (χ0n) is 14.5. The quantitative estimate of drug-likeness (QED) is 0.904. The third kappa shape index (κ3) is 4.39. The molecule has 2 aromatic rings. The molecule has 134 valence electrons. The Kier molecular flexibility index (Phi) is 5.38. The van der Waals surface area contributed by atoms with E-state index in [1.54, 1.807) is 18.2 Å². The molecule has 1 N–H and O–H groups in total. The molecule has 1 aromatic carbocycles. The first-order chi connectivity index (χ1) is 12.0. The second kappa shape index (κ2) is 7.70. The van der Waals surface area contributed by atoms with Gasteiger partial charge < -0.3 is 14.5 Å². The summed E-state index contributed by atoms with van der Waals surface area (Å²) in [5.41, 5.74) is 0.923. The second-order valence-corrected chi connectivity index (χ2v) is 6.40. The first-order valence-electron chi connectivity index (χ1n) is 8.47. The molecule has 0 bridgehead atoms. The van der Waals surface area contributed by atoms with Gasteiger partial charge in [-0.25, -0.2) is 4.39 Å². The Labute approximate surface area is 146 Å². The number of piperidine rings is 1. The molecule has 1 aliphatic heterocycles. The van der Waals surface area contributed by atoms with E-state index in [4.69, 9.17) is 9.15 Å². The molecular weight excluding hydrogens is 323 g/mol. The molecule has 0 radical (unpaired) electrons. The van der Waals surface area contributed by atoms with Crippen molar-refractivity contribution in [3.05, 3.63) is 53.2 Å². The van der Waals surface area contributed by atoms with E-state index in [-0.39, 0.29) is 23.5 Å². The summed E-state index contributed by atoms with van der Waals surface area (Å²) >= 11 is 0. The number of halogens is 1. The van der Waals surface area contributed by atoms with Crippen LogP contribution in [0.2, 0.25) is 0 Å². The highest BCUT2D eigenvalue weighted by molar-refractivity contribution is 5.91. The van der Waals surface area contributed by atoms with Crippen LogP contribution in [0.15, 0.2) is 34.7 Å². The summed E-state index contributed by atoms with van der Waals surface area (Å²) < 4.78 is 24.1. The number of carbonyl (C=O) groups excluding carboxylic acids is 1. The molecule has 5 nitrogen and oxygen atoms in total. The Morgan fingerprint density at radius 3 is 2.68 bits per heavy atom. The molecule has 0 saturated carbocycles. The van der Waals surface area contributed by atoms with Crippen LogP contribution in [-0.2, 0) is 6.54 Å². The number of likely N-dealkylation sites (tertiary alicyclic amines) is 1. The van der Waals surface area contributed by atoms with Gasteiger partial charge in [0.05, 0.1) is 7.11 Å². The lowest BCUT2D eigenvalue weighted by Crippen LogP contribution is -2.44. The number of benzene rings is 1. The lowest BCUT2D eigenvalue weighted by Gasteiger charge is -2.32. The third-order valence-electron chi connectivity index (χ3n) is 4.51. The summed E-state index contributed by atoms with van der Waals surface area (Å²) in [7, 11) is 1.46. The van der Waals surface area contributed by atoms with Gasteiger partial charge >= 0.3 is 0 Å². The van der Waals surface area contributed by atoms with E-state index < -0.39 is 0 Å². The summed E-state index contributed by atoms with van der Waals surface area (Å²) in [6.07, 6.45) is 1.73. The fourth-order valence-corrected chi connectivity index (χ4v) is 3.11. The number of furan rings is 1. The molecule has 3 rings (SSSR count). The SMILES string of the molecule is COc1ccc(CN2CCC(NC(=O)c3ccc(C)o3)CC2)cc1F. The van der Waals surface area contributed by atoms with Gasteiger partial charge in [-0.1, -0.05) is 6.07 Å². The molecule has 2 heterocycles. The first-order valence-corrected chi connectivity index (χ1v) is 8.47. The topological polar surface area (TPSA) is 54.7 Å². The molecule has 1 fully saturated rings. The van der Waals surface area contributed by atoms with Crippen LogP contribution in [0.25, 0.3) is 0 Å². The zero-order valence-corrected chi connectivity index (χ0v) is 14.5. The van der Waals surface area contributed by atoms with Crippen molar-refractivity contribution < 1.29 is 18.3 Å². The molecule has 25 heavy (non-hydrogen) atoms. The van der Waals surface area contributed by atoms with Crippen LogP contribution in [0.3, 0.4) is 0 Å². The Morgan fingerprint density at radius 1 is 1.32 bits per heavy atom. The Morgan fingerprint density at radius 2 is 2.08 bits per heavy atom. The Balaban J connectivity index is 1.48. The number of ether oxygens (including phenoxy) is 1. The standard InChI is InChI=1S/C19H23FN2O3/c1-13-3-5-18(25-13)19(23)21-15-7-9-22(10-8-15)12-14-4-6-17(24-2)16(20)11-14/h3-6,11,15H,7-10,12H2,1-2H3,(H,21,23). The fraction of sp³-hybridized carbons (Fsp3) is 0.421. The van der Waals surface area contributed by atoms with Gasteiger partial charge in [-0.05, 0) is 49.6 Å². The van der Waals surface area contributed by atoms with Crippen molar-refractivity contribution in [2.24, 2.45) is 0 Å². The van der Waals surface area contributed by atoms with Gasteiger partial charge in [0.2, 0.25) is 0 Å². The smallest absolute Gasteiger partial charge is 0.287 e. The Hall–Kier alpha value is -2.34. The summed E-state index contributed by atoms with van der Waals surface area (Å²) in [5.74, 6) is 0.846. The van der Waals surface area contributed by atoms with Crippen molar-refractivity contribution in [1.29, 1.82) is 0 Å². The molecule has 1 saturated heterocycles. The van der Waals surface area contributed by atoms with Crippen molar-refractivity contribution in [2.75, 3.05) is 20.2 Å². The number of hydrogen-bond acceptors (Lipinski definition) is 4. The van der Waals surface area contributed by atoms with E-state index in [1.165, 1.54) is 13.2 Å². The van der Waals surface area contributed by atoms with Crippen LogP contribution in [-0.4, -0.2) is 37.0 Å². The van der Waals surface area contributed by atoms with Crippen molar-refractivity contribution in [1.82, 2.24) is 10.2 Å². The lowest BCUT2D eigenvalue weighted by atomic mass is 10.0. The zero-order chi connectivity index (χ0) is 17.8. The normalized spacial score (nSPS) is 16.0. The number of rotatable bonds is 5. The van der Waals surface area contributed by atoms with E-state index in [0.29, 0.717) is 12.3 Å². The molecule has 0 atom stereocenters. The molecule has 0 spiro atoms. The van der Waals surface area contributed by atoms with Crippen molar-refractivity contribution in [2.45, 2.75) is 32.4 Å². The monoisotopic (exact) mass is 346 g/mol. The number of hydrogen-bond donors (Lipinski definition) is 1. The van der Waals surface area contributed by atoms with Crippen molar-refractivity contribution >= 4 is 5.91 Å². The number of nitrogens with zero attached hydrogens (tertiary/aromatic N) is 1. The average molecular weight is 346 g/mol. The largest absolute Gasteiger partial charge is 0.494 e. The molecular formula is C19H23FN2O3. The maximum absolute atomic E-state index is 13.8. The average Bonchev–Trinajstić information content (AvgIpc) is 3.03. The maximum Gasteiger partial charge on any atom is 0.287 e. The van der Waals surface area contributed by atoms with Gasteiger partial charge in [0.25, 0.3) is 5.91 Å². The Bertz CT molecular complexity index is 736. The van der Waals surface area contributed by atoms with Crippen LogP contribution in [0, 0.1) is 12.7 Å². The fourth-order valence-electron chi connectivity index (χ4n) is 3.11. The molecule has 6 heteroatoms. The van der Waals surface area contributed by atoms with Gasteiger partial charge in [-0.15, -0.1) is 0 Å². The van der Waals surface area contributed by atoms with Gasteiger partial charge in [-0.2, -0.15) is 0 Å². The second-order valence-electron chi connectivity index (χ2n) is 6.40. The highest BCUT2D eigenvalue weighted by Crippen LogP contribution is 2.20. The number of aryl methyl sites for hydroxylation is 1. The number of carbonyl (C=O) groups is 1. The number of amides is 1. The van der Waals surface area contributed by atoms with E-state index in [1.807, 2.05) is 13.0 Å².